The van der Waals surface area contributed by atoms with Gasteiger partial charge < -0.3 is 0 Å². The molecule has 3 heterocycles. The number of allylic oxidation sites excluding steroid dienone is 1. The fraction of sp³-hybridized carbons (Fsp3) is 0.133. The summed E-state index contributed by atoms with van der Waals surface area (Å²) in [4.78, 5) is 18.9. The van der Waals surface area contributed by atoms with E-state index in [4.69, 9.17) is 12.7 Å². The Labute approximate surface area is 238 Å². The molecule has 0 saturated carbocycles. The Morgan fingerprint density at radius 1 is 0.927 bits per heavy atom. The van der Waals surface area contributed by atoms with Gasteiger partial charge in [0.05, 0.1) is 0 Å². The molecule has 1 atom stereocenters. The number of oxazole rings is 1. The summed E-state index contributed by atoms with van der Waals surface area (Å²) in [5.41, 5.74) is 0.662. The van der Waals surface area contributed by atoms with Gasteiger partial charge in [0.25, 0.3) is 0 Å². The number of hydrogen-bond acceptors (Lipinski definition) is 7. The summed E-state index contributed by atoms with van der Waals surface area (Å²) in [6.45, 7) is -2.12. The third kappa shape index (κ3) is 4.49. The molecule has 1 aromatic heterocycles. The van der Waals surface area contributed by atoms with Crippen LogP contribution in [0.25, 0.3) is 5.57 Å². The fourth-order valence-electron chi connectivity index (χ4n) is 5.63. The summed E-state index contributed by atoms with van der Waals surface area (Å²) in [6, 6.07) is 26.5. The van der Waals surface area contributed by atoms with Gasteiger partial charge in [-0.05, 0) is 0 Å². The van der Waals surface area contributed by atoms with Crippen molar-refractivity contribution in [1.29, 1.82) is 0 Å². The first-order valence-electron chi connectivity index (χ1n) is 13.0. The van der Waals surface area contributed by atoms with E-state index in [9.17, 15) is 13.2 Å². The molecule has 11 heteroatoms. The SMILES string of the molecule is CC=CP(OS(=O)(=O)ON1C(=O)N2CC(c3ncco3)=CC1C2)(c1ccccc1)(c1ccccc1)c1ccccc1. The Bertz CT molecular complexity index is 1610. The van der Waals surface area contributed by atoms with E-state index >= 15 is 0 Å². The van der Waals surface area contributed by atoms with Crippen molar-refractivity contribution in [2.45, 2.75) is 13.0 Å². The normalized spacial score (nSPS) is 18.4. The molecule has 3 aromatic carbocycles. The number of amides is 2. The van der Waals surface area contributed by atoms with Gasteiger partial charge in [-0.2, -0.15) is 0 Å². The average molecular weight is 590 g/mol. The van der Waals surface area contributed by atoms with E-state index in [0.29, 0.717) is 27.4 Å². The first-order valence-corrected chi connectivity index (χ1v) is 16.6. The van der Waals surface area contributed by atoms with E-state index in [2.05, 4.69) is 4.98 Å². The molecule has 9 nitrogen and oxygen atoms in total. The molecule has 2 aliphatic heterocycles. The van der Waals surface area contributed by atoms with Gasteiger partial charge in [-0.15, -0.1) is 0 Å². The zero-order valence-electron chi connectivity index (χ0n) is 22.2. The molecule has 0 spiro atoms. The maximum absolute atomic E-state index is 14.1. The van der Waals surface area contributed by atoms with Crippen LogP contribution in [0.1, 0.15) is 12.8 Å². The van der Waals surface area contributed by atoms with Crippen LogP contribution < -0.4 is 15.9 Å². The monoisotopic (exact) mass is 589 g/mol. The van der Waals surface area contributed by atoms with Crippen molar-refractivity contribution in [3.05, 3.63) is 127 Å². The van der Waals surface area contributed by atoms with E-state index < -0.39 is 29.3 Å². The third-order valence-electron chi connectivity index (χ3n) is 7.29. The van der Waals surface area contributed by atoms with E-state index in [1.807, 2.05) is 104 Å². The first kappa shape index (κ1) is 27.1. The van der Waals surface area contributed by atoms with Gasteiger partial charge >= 0.3 is 239 Å². The first-order chi connectivity index (χ1) is 19.9. The topological polar surface area (TPSA) is 102 Å². The molecule has 2 amide bonds. The molecule has 4 aromatic rings. The van der Waals surface area contributed by atoms with Crippen LogP contribution in [-0.4, -0.2) is 48.5 Å². The second kappa shape index (κ2) is 10.4. The number of rotatable bonds is 9. The van der Waals surface area contributed by atoms with Gasteiger partial charge in [0.1, 0.15) is 0 Å². The molecular weight excluding hydrogens is 561 g/mol. The van der Waals surface area contributed by atoms with Crippen LogP contribution >= 0.6 is 6.83 Å². The van der Waals surface area contributed by atoms with Crippen molar-refractivity contribution in [3.63, 3.8) is 0 Å². The van der Waals surface area contributed by atoms with Gasteiger partial charge in [0.15, 0.2) is 0 Å². The average Bonchev–Trinajstić information content (AvgIpc) is 3.62. The summed E-state index contributed by atoms with van der Waals surface area (Å²) >= 11 is 0. The summed E-state index contributed by atoms with van der Waals surface area (Å²) < 4.78 is 45.8. The minimum absolute atomic E-state index is 0.215. The quantitative estimate of drug-likeness (QED) is 0.268. The molecule has 0 aliphatic carbocycles. The molecule has 1 saturated heterocycles. The number of nitrogens with zero attached hydrogens (tertiary/aromatic N) is 3. The van der Waals surface area contributed by atoms with Crippen molar-refractivity contribution >= 4 is 44.7 Å². The number of carbonyl (C=O) groups is 1. The van der Waals surface area contributed by atoms with Crippen molar-refractivity contribution in [3.8, 4) is 0 Å². The van der Waals surface area contributed by atoms with Crippen molar-refractivity contribution in [1.82, 2.24) is 14.9 Å². The van der Waals surface area contributed by atoms with E-state index in [-0.39, 0.29) is 13.1 Å². The number of carbonyl (C=O) groups excluding carboxylic acids is 1. The van der Waals surface area contributed by atoms with Gasteiger partial charge in [-0.3, -0.25) is 0 Å². The van der Waals surface area contributed by atoms with Crippen molar-refractivity contribution in [2.24, 2.45) is 0 Å². The number of hydroxylamine groups is 2. The second-order valence-electron chi connectivity index (χ2n) is 9.73. The summed E-state index contributed by atoms with van der Waals surface area (Å²) in [5.74, 6) is 2.20. The molecule has 6 rings (SSSR count). The van der Waals surface area contributed by atoms with Crippen LogP contribution in [0.2, 0.25) is 0 Å². The fourth-order valence-corrected chi connectivity index (χ4v) is 13.1. The van der Waals surface area contributed by atoms with Crippen molar-refractivity contribution in [2.75, 3.05) is 13.1 Å². The predicted molar refractivity (Wildman–Crippen MR) is 158 cm³/mol. The van der Waals surface area contributed by atoms with Crippen LogP contribution in [-0.2, 0) is 18.7 Å². The molecule has 210 valence electrons. The molecular formula is C30H28N3O6PS. The van der Waals surface area contributed by atoms with Crippen LogP contribution in [0.3, 0.4) is 0 Å². The molecule has 2 aliphatic rings. The number of fused-ring (bicyclic) bond motifs is 2. The number of urea groups is 1. The molecule has 1 fully saturated rings. The van der Waals surface area contributed by atoms with Gasteiger partial charge in [0, 0.05) is 0 Å². The summed E-state index contributed by atoms with van der Waals surface area (Å²) in [6.07, 6.45) is 6.49. The number of benzene rings is 3. The number of hydrogen-bond donors (Lipinski definition) is 0. The zero-order valence-corrected chi connectivity index (χ0v) is 23.9. The molecule has 2 bridgehead atoms. The molecule has 1 unspecified atom stereocenters. The van der Waals surface area contributed by atoms with Crippen LogP contribution in [0.15, 0.2) is 126 Å². The Balaban J connectivity index is 1.50. The van der Waals surface area contributed by atoms with Gasteiger partial charge in [0.2, 0.25) is 0 Å². The summed E-state index contributed by atoms with van der Waals surface area (Å²) in [5, 5.41) is 2.82. The van der Waals surface area contributed by atoms with E-state index in [0.717, 1.165) is 5.06 Å². The predicted octanol–water partition coefficient (Wildman–Crippen LogP) is 4.35. The number of aromatic nitrogens is 1. The van der Waals surface area contributed by atoms with Crippen molar-refractivity contribution < 1.29 is 25.9 Å². The van der Waals surface area contributed by atoms with Gasteiger partial charge in [-0.1, -0.05) is 0 Å². The van der Waals surface area contributed by atoms with E-state index in [1.165, 1.54) is 17.4 Å². The minimum atomic E-state index is -4.87. The second-order valence-corrected chi connectivity index (χ2v) is 15.3. The van der Waals surface area contributed by atoms with Crippen LogP contribution in [0.4, 0.5) is 4.79 Å². The molecule has 0 radical (unpaired) electrons. The standard InChI is InChI=1S/C30H28N3O6PS/c1-2-20-40(26-12-6-3-7-13-26,27-14-8-4-9-15-27,28-16-10-5-11-17-28)39-41(35,36)38-33-25-21-24(29-31-18-19-37-29)22-32(23-25)30(33)34/h2-21,25H,22-23H2,1H3. The Morgan fingerprint density at radius 2 is 1.49 bits per heavy atom. The van der Waals surface area contributed by atoms with Gasteiger partial charge in [-0.25, -0.2) is 0 Å². The maximum atomic E-state index is 14.1. The van der Waals surface area contributed by atoms with E-state index in [1.54, 1.807) is 12.2 Å². The Hall–Kier alpha value is -4.08. The third-order valence-corrected chi connectivity index (χ3v) is 14.4. The van der Waals surface area contributed by atoms with Crippen LogP contribution in [0, 0.1) is 0 Å². The summed E-state index contributed by atoms with van der Waals surface area (Å²) in [7, 11) is -4.87. The Kier molecular flexibility index (Phi) is 6.87. The Morgan fingerprint density at radius 3 is 1.98 bits per heavy atom. The van der Waals surface area contributed by atoms with Crippen LogP contribution in [0.5, 0.6) is 0 Å². The molecule has 41 heavy (non-hydrogen) atoms. The molecule has 0 N–H and O–H groups in total. The zero-order chi connectivity index (χ0) is 28.5.